The lowest BCUT2D eigenvalue weighted by atomic mass is 9.72. The number of carbonyl (C=O) groups is 2. The summed E-state index contributed by atoms with van der Waals surface area (Å²) in [7, 11) is 2.92. The average molecular weight is 454 g/mol. The Morgan fingerprint density at radius 1 is 1.43 bits per heavy atom. The Morgan fingerprint density at radius 2 is 2.13 bits per heavy atom. The number of ether oxygens (including phenoxy) is 1. The van der Waals surface area contributed by atoms with Crippen LogP contribution < -0.4 is 15.1 Å². The van der Waals surface area contributed by atoms with Crippen LogP contribution in [0.2, 0.25) is 0 Å². The van der Waals surface area contributed by atoms with Gasteiger partial charge in [0.25, 0.3) is 5.03 Å². The third kappa shape index (κ3) is 4.49. The lowest BCUT2D eigenvalue weighted by Gasteiger charge is -2.33. The minimum absolute atomic E-state index is 0.172. The fourth-order valence-electron chi connectivity index (χ4n) is 3.60. The van der Waals surface area contributed by atoms with E-state index in [1.54, 1.807) is 14.0 Å². The quantitative estimate of drug-likeness (QED) is 0.421. The lowest BCUT2D eigenvalue weighted by molar-refractivity contribution is -0.772. The Labute approximate surface area is 183 Å². The van der Waals surface area contributed by atoms with Gasteiger partial charge < -0.3 is 19.7 Å². The molecule has 1 aliphatic carbocycles. The van der Waals surface area contributed by atoms with Gasteiger partial charge in [-0.05, 0) is 54.8 Å². The number of rotatable bonds is 5. The van der Waals surface area contributed by atoms with Crippen molar-refractivity contribution >= 4 is 40.0 Å². The minimum atomic E-state index is -0.588. The number of aryl methyl sites for hydroxylation is 1. The van der Waals surface area contributed by atoms with E-state index in [4.69, 9.17) is 4.74 Å². The molecule has 0 fully saturated rings. The van der Waals surface area contributed by atoms with Crippen molar-refractivity contribution < 1.29 is 28.6 Å². The van der Waals surface area contributed by atoms with Crippen LogP contribution in [-0.2, 0) is 29.4 Å². The smallest absolute Gasteiger partial charge is 0.341 e. The predicted molar refractivity (Wildman–Crippen MR) is 112 cm³/mol. The molecule has 2 unspecified atom stereocenters. The molecular weight excluding hydrogens is 426 g/mol. The summed E-state index contributed by atoms with van der Waals surface area (Å²) in [6.45, 7) is 8.38. The van der Waals surface area contributed by atoms with Crippen LogP contribution in [0.5, 0.6) is 5.95 Å². The molecule has 0 saturated heterocycles. The first-order valence-corrected chi connectivity index (χ1v) is 11.5. The summed E-state index contributed by atoms with van der Waals surface area (Å²) < 4.78 is 10.9. The van der Waals surface area contributed by atoms with Gasteiger partial charge in [-0.15, -0.1) is 11.3 Å². The van der Waals surface area contributed by atoms with E-state index >= 15 is 0 Å². The number of amides is 1. The van der Waals surface area contributed by atoms with Gasteiger partial charge in [-0.25, -0.2) is 4.79 Å². The molecule has 1 amide bonds. The predicted octanol–water partition coefficient (Wildman–Crippen LogP) is 2.69. The number of fused-ring (bicyclic) bond motifs is 1. The van der Waals surface area contributed by atoms with Gasteiger partial charge in [0.15, 0.2) is 13.0 Å². The van der Waals surface area contributed by atoms with Gasteiger partial charge in [0.05, 0.1) is 23.2 Å². The Balaban J connectivity index is 1.84. The van der Waals surface area contributed by atoms with E-state index in [1.165, 1.54) is 23.1 Å². The average Bonchev–Trinajstić information content (AvgIpc) is 3.20. The maximum absolute atomic E-state index is 12.8. The molecule has 0 aliphatic heterocycles. The molecule has 3 rings (SSSR count). The number of nitrogens with zero attached hydrogens (tertiary/aromatic N) is 2. The van der Waals surface area contributed by atoms with Gasteiger partial charge in [0, 0.05) is 4.88 Å². The molecule has 8 nitrogen and oxygen atoms in total. The maximum Gasteiger partial charge on any atom is 0.341 e. The van der Waals surface area contributed by atoms with Crippen LogP contribution in [0, 0.1) is 11.3 Å². The first-order chi connectivity index (χ1) is 14.0. The number of methoxy groups -OCH3 is 1. The summed E-state index contributed by atoms with van der Waals surface area (Å²) in [5.41, 5.74) is 1.61. The van der Waals surface area contributed by atoms with E-state index in [2.05, 4.69) is 35.9 Å². The van der Waals surface area contributed by atoms with Crippen molar-refractivity contribution in [3.63, 3.8) is 0 Å². The van der Waals surface area contributed by atoms with Gasteiger partial charge >= 0.3 is 5.97 Å². The highest BCUT2D eigenvalue weighted by Crippen LogP contribution is 2.44. The zero-order valence-electron chi connectivity index (χ0n) is 18.0. The standard InChI is InChI=1S/C20H27N3O5S2/c1-10(29-17-19(26)28-22-23(17)5)15(24)21-16-14(18(25)27-6)12-8-7-11(20(2,3)4)9-13(12)30-16/h10-11H,7-9H2,1-6H3,(H-,21,22,24,25,26). The highest BCUT2D eigenvalue weighted by Gasteiger charge is 2.35. The molecule has 0 radical (unpaired) electrons. The Kier molecular flexibility index (Phi) is 6.47. The number of thioether (sulfide) groups is 1. The van der Waals surface area contributed by atoms with Crippen molar-refractivity contribution in [2.75, 3.05) is 12.4 Å². The number of hydrogen-bond donors (Lipinski definition) is 1. The van der Waals surface area contributed by atoms with Gasteiger partial charge in [-0.1, -0.05) is 25.5 Å². The Bertz CT molecular complexity index is 941. The third-order valence-corrected chi connectivity index (χ3v) is 7.88. The number of nitrogens with one attached hydrogen (secondary N) is 1. The molecule has 0 saturated carbocycles. The number of hydrogen-bond acceptors (Lipinski definition) is 8. The zero-order valence-corrected chi connectivity index (χ0v) is 19.7. The van der Waals surface area contributed by atoms with Gasteiger partial charge in [-0.3, -0.25) is 4.79 Å². The number of anilines is 1. The summed E-state index contributed by atoms with van der Waals surface area (Å²) >= 11 is 2.51. The highest BCUT2D eigenvalue weighted by molar-refractivity contribution is 8.00. The first-order valence-electron chi connectivity index (χ1n) is 9.76. The number of esters is 1. The number of thiophene rings is 1. The summed E-state index contributed by atoms with van der Waals surface area (Å²) in [5.74, 6) is -0.824. The Morgan fingerprint density at radius 3 is 2.70 bits per heavy atom. The van der Waals surface area contributed by atoms with Crippen molar-refractivity contribution in [3.05, 3.63) is 16.0 Å². The minimum Gasteiger partial charge on any atom is -0.538 e. The molecule has 1 N–H and O–H groups in total. The second-order valence-corrected chi connectivity index (χ2v) is 11.0. The summed E-state index contributed by atoms with van der Waals surface area (Å²) in [6.07, 6.45) is 2.66. The second-order valence-electron chi connectivity index (χ2n) is 8.54. The normalized spacial score (nSPS) is 17.3. The van der Waals surface area contributed by atoms with E-state index in [1.807, 2.05) is 0 Å². The molecule has 0 aromatic carbocycles. The molecular formula is C20H27N3O5S2. The molecule has 0 bridgehead atoms. The molecule has 1 aliphatic rings. The highest BCUT2D eigenvalue weighted by atomic mass is 32.2. The SMILES string of the molecule is COC(=O)c1c(NC(=O)C(C)Sc2c([O-])on[n+]2C)sc2c1CCC(C(C)(C)C)C2. The number of aromatic nitrogens is 2. The molecule has 0 spiro atoms. The van der Waals surface area contributed by atoms with Crippen LogP contribution in [-0.4, -0.2) is 29.5 Å². The summed E-state index contributed by atoms with van der Waals surface area (Å²) in [6, 6.07) is 0. The van der Waals surface area contributed by atoms with E-state index in [0.717, 1.165) is 41.5 Å². The molecule has 164 valence electrons. The van der Waals surface area contributed by atoms with E-state index in [0.29, 0.717) is 16.5 Å². The maximum atomic E-state index is 12.8. The van der Waals surface area contributed by atoms with Gasteiger partial charge in [0.2, 0.25) is 5.91 Å². The number of carbonyl (C=O) groups excluding carboxylic acids is 2. The first kappa shape index (κ1) is 22.6. The van der Waals surface area contributed by atoms with Crippen LogP contribution in [0.4, 0.5) is 5.00 Å². The van der Waals surface area contributed by atoms with Crippen molar-refractivity contribution in [1.82, 2.24) is 5.27 Å². The molecule has 2 atom stereocenters. The van der Waals surface area contributed by atoms with Crippen LogP contribution in [0.15, 0.2) is 9.55 Å². The fourth-order valence-corrected chi connectivity index (χ4v) is 5.74. The molecule has 30 heavy (non-hydrogen) atoms. The molecule has 2 aromatic heterocycles. The van der Waals surface area contributed by atoms with Crippen molar-refractivity contribution in [2.24, 2.45) is 18.4 Å². The van der Waals surface area contributed by atoms with E-state index in [-0.39, 0.29) is 16.3 Å². The van der Waals surface area contributed by atoms with Crippen LogP contribution in [0.1, 0.15) is 54.9 Å². The summed E-state index contributed by atoms with van der Waals surface area (Å²) in [5, 5.41) is 18.3. The van der Waals surface area contributed by atoms with E-state index in [9.17, 15) is 14.7 Å². The van der Waals surface area contributed by atoms with Crippen LogP contribution in [0.3, 0.4) is 0 Å². The van der Waals surface area contributed by atoms with Crippen molar-refractivity contribution in [1.29, 1.82) is 0 Å². The molecule has 2 heterocycles. The van der Waals surface area contributed by atoms with Crippen molar-refractivity contribution in [2.45, 2.75) is 57.2 Å². The lowest BCUT2D eigenvalue weighted by Crippen LogP contribution is -2.33. The van der Waals surface area contributed by atoms with Crippen LogP contribution >= 0.6 is 23.1 Å². The topological polar surface area (TPSA) is 108 Å². The third-order valence-electron chi connectivity index (χ3n) is 5.49. The van der Waals surface area contributed by atoms with Crippen molar-refractivity contribution in [3.8, 4) is 5.95 Å². The van der Waals surface area contributed by atoms with Gasteiger partial charge in [0.1, 0.15) is 5.00 Å². The largest absolute Gasteiger partial charge is 0.538 e. The molecule has 2 aromatic rings. The monoisotopic (exact) mass is 453 g/mol. The van der Waals surface area contributed by atoms with Crippen LogP contribution in [0.25, 0.3) is 0 Å². The Hall–Kier alpha value is -2.07. The van der Waals surface area contributed by atoms with E-state index < -0.39 is 17.2 Å². The zero-order chi connectivity index (χ0) is 22.2. The van der Waals surface area contributed by atoms with Gasteiger partial charge in [-0.2, -0.15) is 0 Å². The second kappa shape index (κ2) is 8.58. The molecule has 10 heteroatoms. The fraction of sp³-hybridized carbons (Fsp3) is 0.600. The summed E-state index contributed by atoms with van der Waals surface area (Å²) in [4.78, 5) is 26.5.